The van der Waals surface area contributed by atoms with Gasteiger partial charge >= 0.3 is 6.18 Å². The predicted molar refractivity (Wildman–Crippen MR) is 106 cm³/mol. The minimum atomic E-state index is -4.45. The number of hydrogen-bond donors (Lipinski definition) is 2. The average molecular weight is 431 g/mol. The standard InChI is InChI=1S/C18H21F3N4OS2/c1-11(15(26)22-14-9-5-6-12(10-14)18(19,20)21)27-17-25-24-16(28-17)23-13-7-3-2-4-8-13/h5-6,9-11,13H,2-4,7-8H2,1H3,(H,22,26)(H,23,24). The fraction of sp³-hybridized carbons (Fsp3) is 0.500. The van der Waals surface area contributed by atoms with Gasteiger partial charge in [0.25, 0.3) is 0 Å². The van der Waals surface area contributed by atoms with E-state index in [2.05, 4.69) is 20.8 Å². The monoisotopic (exact) mass is 430 g/mol. The molecule has 1 unspecified atom stereocenters. The van der Waals surface area contributed by atoms with Gasteiger partial charge in [-0.3, -0.25) is 4.79 Å². The molecule has 1 aliphatic carbocycles. The molecular formula is C18H21F3N4OS2. The SMILES string of the molecule is CC(Sc1nnc(NC2CCCCC2)s1)C(=O)Nc1cccc(C(F)(F)F)c1. The topological polar surface area (TPSA) is 66.9 Å². The summed E-state index contributed by atoms with van der Waals surface area (Å²) in [6.45, 7) is 1.68. The van der Waals surface area contributed by atoms with Crippen LogP contribution in [0.3, 0.4) is 0 Å². The Bertz CT molecular complexity index is 806. The van der Waals surface area contributed by atoms with E-state index in [0.29, 0.717) is 10.4 Å². The van der Waals surface area contributed by atoms with Crippen LogP contribution in [-0.4, -0.2) is 27.4 Å². The highest BCUT2D eigenvalue weighted by molar-refractivity contribution is 8.02. The van der Waals surface area contributed by atoms with Crippen LogP contribution < -0.4 is 10.6 Å². The second kappa shape index (κ2) is 9.13. The number of aromatic nitrogens is 2. The average Bonchev–Trinajstić information content (AvgIpc) is 3.09. The minimum absolute atomic E-state index is 0.115. The highest BCUT2D eigenvalue weighted by atomic mass is 32.2. The van der Waals surface area contributed by atoms with Crippen LogP contribution in [0.5, 0.6) is 0 Å². The summed E-state index contributed by atoms with van der Waals surface area (Å²) in [6.07, 6.45) is 1.49. The number of hydrogen-bond acceptors (Lipinski definition) is 6. The van der Waals surface area contributed by atoms with Crippen molar-refractivity contribution < 1.29 is 18.0 Å². The summed E-state index contributed by atoms with van der Waals surface area (Å²) in [4.78, 5) is 12.3. The maximum Gasteiger partial charge on any atom is 0.416 e. The van der Waals surface area contributed by atoms with E-state index >= 15 is 0 Å². The Morgan fingerprint density at radius 3 is 2.71 bits per heavy atom. The van der Waals surface area contributed by atoms with Crippen molar-refractivity contribution in [1.29, 1.82) is 0 Å². The van der Waals surface area contributed by atoms with Crippen molar-refractivity contribution in [3.8, 4) is 0 Å². The van der Waals surface area contributed by atoms with Gasteiger partial charge in [-0.2, -0.15) is 13.2 Å². The third kappa shape index (κ3) is 5.84. The Morgan fingerprint density at radius 2 is 2.00 bits per heavy atom. The second-order valence-corrected chi connectivity index (χ2v) is 9.25. The Hall–Kier alpha value is -1.81. The van der Waals surface area contributed by atoms with E-state index in [0.717, 1.165) is 30.1 Å². The molecule has 1 amide bonds. The predicted octanol–water partition coefficient (Wildman–Crippen LogP) is 5.42. The van der Waals surface area contributed by atoms with Crippen molar-refractivity contribution in [2.75, 3.05) is 10.6 Å². The van der Waals surface area contributed by atoms with Gasteiger partial charge in [-0.05, 0) is 38.0 Å². The molecule has 1 aromatic carbocycles. The summed E-state index contributed by atoms with van der Waals surface area (Å²) < 4.78 is 39.0. The molecule has 0 radical (unpaired) electrons. The molecule has 0 bridgehead atoms. The van der Waals surface area contributed by atoms with Gasteiger partial charge in [0.1, 0.15) is 0 Å². The molecule has 1 heterocycles. The zero-order valence-corrected chi connectivity index (χ0v) is 16.9. The lowest BCUT2D eigenvalue weighted by atomic mass is 9.96. The molecule has 1 fully saturated rings. The van der Waals surface area contributed by atoms with Crippen LogP contribution in [0.25, 0.3) is 0 Å². The first-order chi connectivity index (χ1) is 13.3. The van der Waals surface area contributed by atoms with Crippen LogP contribution >= 0.6 is 23.1 Å². The number of amides is 1. The van der Waals surface area contributed by atoms with E-state index in [1.807, 2.05) is 0 Å². The molecule has 10 heteroatoms. The van der Waals surface area contributed by atoms with Crippen molar-refractivity contribution >= 4 is 39.8 Å². The number of nitrogens with zero attached hydrogens (tertiary/aromatic N) is 2. The molecule has 0 aliphatic heterocycles. The third-order valence-corrected chi connectivity index (χ3v) is 6.48. The number of alkyl halides is 3. The molecule has 152 valence electrons. The van der Waals surface area contributed by atoms with E-state index in [4.69, 9.17) is 0 Å². The number of halogens is 3. The van der Waals surface area contributed by atoms with Crippen LogP contribution in [0.2, 0.25) is 0 Å². The molecule has 1 saturated carbocycles. The smallest absolute Gasteiger partial charge is 0.357 e. The summed E-state index contributed by atoms with van der Waals surface area (Å²) in [5.41, 5.74) is -0.683. The van der Waals surface area contributed by atoms with E-state index in [1.54, 1.807) is 6.92 Å². The Labute approximate surface area is 169 Å². The lowest BCUT2D eigenvalue weighted by Gasteiger charge is -2.21. The van der Waals surface area contributed by atoms with E-state index in [-0.39, 0.29) is 11.6 Å². The lowest BCUT2D eigenvalue weighted by Crippen LogP contribution is -2.22. The van der Waals surface area contributed by atoms with E-state index < -0.39 is 17.0 Å². The van der Waals surface area contributed by atoms with Crippen molar-refractivity contribution in [1.82, 2.24) is 10.2 Å². The lowest BCUT2D eigenvalue weighted by molar-refractivity contribution is -0.137. The molecule has 3 rings (SSSR count). The number of benzene rings is 1. The number of carbonyl (C=O) groups is 1. The Kier molecular flexibility index (Phi) is 6.82. The number of nitrogens with one attached hydrogen (secondary N) is 2. The molecule has 5 nitrogen and oxygen atoms in total. The van der Waals surface area contributed by atoms with Gasteiger partial charge in [-0.1, -0.05) is 48.4 Å². The maximum atomic E-state index is 12.8. The van der Waals surface area contributed by atoms with Gasteiger partial charge in [-0.25, -0.2) is 0 Å². The van der Waals surface area contributed by atoms with Crippen LogP contribution in [-0.2, 0) is 11.0 Å². The molecule has 0 spiro atoms. The fourth-order valence-corrected chi connectivity index (χ4v) is 4.93. The van der Waals surface area contributed by atoms with Gasteiger partial charge in [0.2, 0.25) is 11.0 Å². The zero-order chi connectivity index (χ0) is 20.1. The molecule has 2 N–H and O–H groups in total. The number of thioether (sulfide) groups is 1. The number of carbonyl (C=O) groups excluding carboxylic acids is 1. The van der Waals surface area contributed by atoms with E-state index in [9.17, 15) is 18.0 Å². The van der Waals surface area contributed by atoms with Gasteiger partial charge < -0.3 is 10.6 Å². The summed E-state index contributed by atoms with van der Waals surface area (Å²) in [5, 5.41) is 14.4. The van der Waals surface area contributed by atoms with Crippen molar-refractivity contribution in [3.05, 3.63) is 29.8 Å². The van der Waals surface area contributed by atoms with Crippen LogP contribution in [0.4, 0.5) is 24.0 Å². The van der Waals surface area contributed by atoms with Crippen LogP contribution in [0.15, 0.2) is 28.6 Å². The first-order valence-electron chi connectivity index (χ1n) is 9.06. The summed E-state index contributed by atoms with van der Waals surface area (Å²) >= 11 is 2.62. The van der Waals surface area contributed by atoms with Crippen LogP contribution in [0.1, 0.15) is 44.6 Å². The van der Waals surface area contributed by atoms with Crippen LogP contribution in [0, 0.1) is 0 Å². The molecule has 1 aromatic heterocycles. The molecule has 28 heavy (non-hydrogen) atoms. The normalized spacial score (nSPS) is 16.6. The molecule has 1 aliphatic rings. The van der Waals surface area contributed by atoms with Crippen molar-refractivity contribution in [2.24, 2.45) is 0 Å². The van der Waals surface area contributed by atoms with Gasteiger partial charge in [0, 0.05) is 11.7 Å². The maximum absolute atomic E-state index is 12.8. The van der Waals surface area contributed by atoms with Gasteiger partial charge in [-0.15, -0.1) is 10.2 Å². The number of anilines is 2. The first-order valence-corrected chi connectivity index (χ1v) is 10.8. The molecule has 0 saturated heterocycles. The molecule has 1 atom stereocenters. The molecule has 2 aromatic rings. The fourth-order valence-electron chi connectivity index (χ4n) is 2.96. The van der Waals surface area contributed by atoms with Gasteiger partial charge in [0.05, 0.1) is 10.8 Å². The van der Waals surface area contributed by atoms with Crippen molar-refractivity contribution in [2.45, 2.75) is 60.8 Å². The highest BCUT2D eigenvalue weighted by Gasteiger charge is 2.30. The first kappa shape index (κ1) is 20.9. The van der Waals surface area contributed by atoms with Crippen molar-refractivity contribution in [3.63, 3.8) is 0 Å². The van der Waals surface area contributed by atoms with E-state index in [1.165, 1.54) is 54.5 Å². The summed E-state index contributed by atoms with van der Waals surface area (Å²) in [7, 11) is 0. The number of rotatable bonds is 6. The third-order valence-electron chi connectivity index (χ3n) is 4.44. The highest BCUT2D eigenvalue weighted by Crippen LogP contribution is 2.32. The second-order valence-electron chi connectivity index (χ2n) is 6.68. The zero-order valence-electron chi connectivity index (χ0n) is 15.3. The minimum Gasteiger partial charge on any atom is -0.357 e. The Balaban J connectivity index is 1.54. The van der Waals surface area contributed by atoms with Gasteiger partial charge in [0.15, 0.2) is 4.34 Å². The summed E-state index contributed by atoms with van der Waals surface area (Å²) in [5.74, 6) is -0.388. The quantitative estimate of drug-likeness (QED) is 0.599. The summed E-state index contributed by atoms with van der Waals surface area (Å²) in [6, 6.07) is 5.01. The molecular weight excluding hydrogens is 409 g/mol. The Morgan fingerprint density at radius 1 is 1.25 bits per heavy atom. The largest absolute Gasteiger partial charge is 0.416 e.